The van der Waals surface area contributed by atoms with Crippen LogP contribution in [0.15, 0.2) is 0 Å². The van der Waals surface area contributed by atoms with Crippen LogP contribution in [0.25, 0.3) is 0 Å². The van der Waals surface area contributed by atoms with Gasteiger partial charge in [-0.2, -0.15) is 0 Å². The number of hydrogen-bond donors (Lipinski definition) is 17. The molecule has 20 atom stereocenters. The fraction of sp³-hybridized carbons (Fsp3) is 0.903. The van der Waals surface area contributed by atoms with Crippen LogP contribution in [0.2, 0.25) is 0 Å². The zero-order valence-corrected chi connectivity index (χ0v) is 30.6. The summed E-state index contributed by atoms with van der Waals surface area (Å²) in [5.74, 6) is -6.55. The Hall–Kier alpha value is -2.39. The van der Waals surface area contributed by atoms with Gasteiger partial charge in [-0.15, -0.1) is 0 Å². The van der Waals surface area contributed by atoms with Crippen molar-refractivity contribution >= 4 is 17.8 Å². The van der Waals surface area contributed by atoms with E-state index in [1.165, 1.54) is 0 Å². The SMILES string of the molecule is CC(=O)N[C@H]1[C@H](O[C@H]2[C@@H](O)[C@@H](CO)O[C@@H](O[C@@H]([C@H](O)[C@@H](O)CO)[C@H](O)CO[C@]3(C(=O)O)C[C@H](O)[C@@H](NC(C)=O)[C@H]([C@H](O)[C@H](O)CO)O3)[C@@H]2O)O[C@H](CO)[C@@H](O)[C@@H]1O. The van der Waals surface area contributed by atoms with Gasteiger partial charge in [-0.3, -0.25) is 9.59 Å². The Morgan fingerprint density at radius 2 is 1.28 bits per heavy atom. The normalized spacial score (nSPS) is 39.3. The van der Waals surface area contributed by atoms with Gasteiger partial charge in [0.1, 0.15) is 91.5 Å². The van der Waals surface area contributed by atoms with Gasteiger partial charge in [0.15, 0.2) is 12.6 Å². The fourth-order valence-electron chi connectivity index (χ4n) is 6.54. The summed E-state index contributed by atoms with van der Waals surface area (Å²) >= 11 is 0. The van der Waals surface area contributed by atoms with Gasteiger partial charge in [-0.05, 0) is 0 Å². The number of carboxylic acid groups (broad SMARTS) is 1. The average Bonchev–Trinajstić information content (AvgIpc) is 3.16. The van der Waals surface area contributed by atoms with E-state index in [0.717, 1.165) is 13.8 Å². The number of carbonyl (C=O) groups is 3. The number of ether oxygens (including phenoxy) is 6. The van der Waals surface area contributed by atoms with Gasteiger partial charge in [-0.25, -0.2) is 4.79 Å². The van der Waals surface area contributed by atoms with E-state index in [1.54, 1.807) is 0 Å². The van der Waals surface area contributed by atoms with Crippen LogP contribution < -0.4 is 10.6 Å². The molecule has 57 heavy (non-hydrogen) atoms. The molecule has 3 rings (SSSR count). The highest BCUT2D eigenvalue weighted by Gasteiger charge is 2.57. The number of carboxylic acids is 1. The molecule has 0 unspecified atom stereocenters. The first kappa shape index (κ1) is 49.0. The van der Waals surface area contributed by atoms with Crippen LogP contribution in [0.3, 0.4) is 0 Å². The van der Waals surface area contributed by atoms with Crippen LogP contribution in [-0.2, 0) is 42.8 Å². The molecule has 0 aliphatic carbocycles. The summed E-state index contributed by atoms with van der Waals surface area (Å²) in [6.07, 6.45) is -35.1. The standard InChI is InChI=1S/C31H54N2O24/c1-9(38)32-17-11(40)3-31(30(50)51,57-26(17)20(45)13(42)5-35)52-8-14(43)25(19(44)12(41)4-34)55-29-24(49)27(22(47)16(7-37)54-29)56-28-18(33-10(2)39)23(48)21(46)15(6-36)53-28/h11-29,34-37,40-49H,3-8H2,1-2H3,(H,32,38)(H,33,39)(H,50,51)/t11-,12-,13+,14+,15+,16+,17+,18+,19+,20+,21+,22-,23+,24+,25+,26+,27-,28-,29-,31+/m0/s1. The minimum absolute atomic E-state index is 0.760. The molecule has 17 N–H and O–H groups in total. The molecule has 0 saturated carbocycles. The summed E-state index contributed by atoms with van der Waals surface area (Å²) in [6, 6.07) is -3.17. The first-order valence-corrected chi connectivity index (χ1v) is 17.6. The van der Waals surface area contributed by atoms with Crippen molar-refractivity contribution in [2.75, 3.05) is 33.0 Å². The van der Waals surface area contributed by atoms with E-state index in [-0.39, 0.29) is 0 Å². The lowest BCUT2D eigenvalue weighted by Crippen LogP contribution is -2.68. The number of carbonyl (C=O) groups excluding carboxylic acids is 2. The molecular weight excluding hydrogens is 784 g/mol. The summed E-state index contributed by atoms with van der Waals surface area (Å²) in [6.45, 7) is -3.40. The molecule has 3 aliphatic rings. The number of aliphatic hydroxyl groups is 14. The van der Waals surface area contributed by atoms with Crippen molar-refractivity contribution in [3.63, 3.8) is 0 Å². The van der Waals surface area contributed by atoms with Crippen molar-refractivity contribution in [1.82, 2.24) is 10.6 Å². The lowest BCUT2D eigenvalue weighted by molar-refractivity contribution is -0.361. The van der Waals surface area contributed by atoms with Gasteiger partial charge >= 0.3 is 5.97 Å². The zero-order chi connectivity index (χ0) is 43.1. The van der Waals surface area contributed by atoms with Crippen molar-refractivity contribution < 1.29 is 119 Å². The van der Waals surface area contributed by atoms with E-state index in [2.05, 4.69) is 10.6 Å². The number of rotatable bonds is 19. The molecule has 3 heterocycles. The monoisotopic (exact) mass is 838 g/mol. The molecule has 3 aliphatic heterocycles. The average molecular weight is 839 g/mol. The van der Waals surface area contributed by atoms with Crippen molar-refractivity contribution in [2.24, 2.45) is 0 Å². The molecule has 0 aromatic carbocycles. The second kappa shape index (κ2) is 21.2. The van der Waals surface area contributed by atoms with Crippen LogP contribution >= 0.6 is 0 Å². The summed E-state index contributed by atoms with van der Waals surface area (Å²) in [4.78, 5) is 36.3. The third kappa shape index (κ3) is 11.5. The largest absolute Gasteiger partial charge is 0.477 e. The van der Waals surface area contributed by atoms with Crippen molar-refractivity contribution in [3.05, 3.63) is 0 Å². The maximum Gasteiger partial charge on any atom is 0.364 e. The Morgan fingerprint density at radius 3 is 1.81 bits per heavy atom. The Balaban J connectivity index is 1.93. The smallest absolute Gasteiger partial charge is 0.364 e. The molecule has 332 valence electrons. The summed E-state index contributed by atoms with van der Waals surface area (Å²) in [5.41, 5.74) is 0. The molecule has 26 nitrogen and oxygen atoms in total. The Labute approximate surface area is 323 Å². The topological polar surface area (TPSA) is 434 Å². The van der Waals surface area contributed by atoms with Gasteiger partial charge in [0.05, 0.1) is 45.2 Å². The first-order chi connectivity index (χ1) is 26.7. The Bertz CT molecular complexity index is 1300. The fourth-order valence-corrected chi connectivity index (χ4v) is 6.54. The highest BCUT2D eigenvalue weighted by atomic mass is 16.7. The first-order valence-electron chi connectivity index (χ1n) is 17.6. The molecule has 0 spiro atoms. The van der Waals surface area contributed by atoms with Gasteiger partial charge in [0.25, 0.3) is 5.79 Å². The van der Waals surface area contributed by atoms with Crippen LogP contribution in [0, 0.1) is 0 Å². The van der Waals surface area contributed by atoms with E-state index in [4.69, 9.17) is 28.4 Å². The lowest BCUT2D eigenvalue weighted by Gasteiger charge is -2.48. The number of aliphatic hydroxyl groups excluding tert-OH is 14. The number of aliphatic carboxylic acids is 1. The minimum Gasteiger partial charge on any atom is -0.477 e. The van der Waals surface area contributed by atoms with E-state index < -0.39 is 179 Å². The molecule has 0 bridgehead atoms. The van der Waals surface area contributed by atoms with E-state index in [0.29, 0.717) is 0 Å². The van der Waals surface area contributed by atoms with E-state index in [1.807, 2.05) is 0 Å². The van der Waals surface area contributed by atoms with Gasteiger partial charge < -0.3 is 116 Å². The zero-order valence-electron chi connectivity index (χ0n) is 30.6. The maximum absolute atomic E-state index is 12.6. The van der Waals surface area contributed by atoms with Crippen LogP contribution in [0.1, 0.15) is 20.3 Å². The number of hydrogen-bond acceptors (Lipinski definition) is 23. The molecule has 0 aromatic heterocycles. The summed E-state index contributed by atoms with van der Waals surface area (Å²) in [5, 5.41) is 160. The van der Waals surface area contributed by atoms with E-state index >= 15 is 0 Å². The second-order valence-corrected chi connectivity index (χ2v) is 13.8. The van der Waals surface area contributed by atoms with Crippen molar-refractivity contribution in [3.8, 4) is 0 Å². The molecule has 0 aromatic rings. The lowest BCUT2D eigenvalue weighted by atomic mass is 9.88. The molecular formula is C31H54N2O24. The Morgan fingerprint density at radius 1 is 0.737 bits per heavy atom. The maximum atomic E-state index is 12.6. The van der Waals surface area contributed by atoms with Crippen molar-refractivity contribution in [1.29, 1.82) is 0 Å². The van der Waals surface area contributed by atoms with Crippen LogP contribution in [-0.4, -0.2) is 249 Å². The van der Waals surface area contributed by atoms with Gasteiger partial charge in [0.2, 0.25) is 11.8 Å². The molecule has 2 amide bonds. The third-order valence-electron chi connectivity index (χ3n) is 9.63. The van der Waals surface area contributed by atoms with Gasteiger partial charge in [-0.1, -0.05) is 0 Å². The third-order valence-corrected chi connectivity index (χ3v) is 9.63. The van der Waals surface area contributed by atoms with Crippen LogP contribution in [0.4, 0.5) is 0 Å². The summed E-state index contributed by atoms with van der Waals surface area (Å²) < 4.78 is 33.0. The Kier molecular flexibility index (Phi) is 18.2. The molecule has 3 saturated heterocycles. The highest BCUT2D eigenvalue weighted by Crippen LogP contribution is 2.35. The predicted molar refractivity (Wildman–Crippen MR) is 176 cm³/mol. The minimum atomic E-state index is -3.01. The molecule has 0 radical (unpaired) electrons. The van der Waals surface area contributed by atoms with Gasteiger partial charge in [0, 0.05) is 20.3 Å². The summed E-state index contributed by atoms with van der Waals surface area (Å²) in [7, 11) is 0. The molecule has 26 heteroatoms. The predicted octanol–water partition coefficient (Wildman–Crippen LogP) is -10.6. The van der Waals surface area contributed by atoms with Crippen molar-refractivity contribution in [2.45, 2.75) is 142 Å². The second-order valence-electron chi connectivity index (χ2n) is 13.8. The molecule has 3 fully saturated rings. The quantitative estimate of drug-likeness (QED) is 0.0574. The number of nitrogens with one attached hydrogen (secondary N) is 2. The number of amides is 2. The highest BCUT2D eigenvalue weighted by molar-refractivity contribution is 5.76. The van der Waals surface area contributed by atoms with E-state index in [9.17, 15) is 91.0 Å². The van der Waals surface area contributed by atoms with Crippen LogP contribution in [0.5, 0.6) is 0 Å².